The Balaban J connectivity index is 2.42. The van der Waals surface area contributed by atoms with Gasteiger partial charge in [0.15, 0.2) is 0 Å². The number of nitrogens with zero attached hydrogens (tertiary/aromatic N) is 1. The predicted octanol–water partition coefficient (Wildman–Crippen LogP) is 2.75. The van der Waals surface area contributed by atoms with Gasteiger partial charge in [0.1, 0.15) is 0 Å². The fourth-order valence-corrected chi connectivity index (χ4v) is 2.39. The van der Waals surface area contributed by atoms with Crippen LogP contribution >= 0.6 is 11.3 Å². The number of rotatable bonds is 3. The van der Waals surface area contributed by atoms with Gasteiger partial charge in [-0.2, -0.15) is 0 Å². The lowest BCUT2D eigenvalue weighted by Crippen LogP contribution is -2.11. The fraction of sp³-hybridized carbons (Fsp3) is 0.364. The van der Waals surface area contributed by atoms with Crippen molar-refractivity contribution < 1.29 is 0 Å². The first-order valence-electron chi connectivity index (χ1n) is 4.88. The van der Waals surface area contributed by atoms with Gasteiger partial charge >= 0.3 is 0 Å². The third-order valence-electron chi connectivity index (χ3n) is 2.60. The van der Waals surface area contributed by atoms with Gasteiger partial charge in [-0.05, 0) is 36.6 Å². The lowest BCUT2D eigenvalue weighted by atomic mass is 9.97. The highest BCUT2D eigenvalue weighted by atomic mass is 32.1. The van der Waals surface area contributed by atoms with Crippen LogP contribution in [-0.2, 0) is 0 Å². The van der Waals surface area contributed by atoms with Crippen LogP contribution in [0.4, 0.5) is 0 Å². The predicted molar refractivity (Wildman–Crippen MR) is 61.7 cm³/mol. The maximum Gasteiger partial charge on any atom is 0.0812 e. The maximum absolute atomic E-state index is 5.72. The van der Waals surface area contributed by atoms with Gasteiger partial charge in [0, 0.05) is 0 Å². The first-order valence-corrected chi connectivity index (χ1v) is 5.76. The van der Waals surface area contributed by atoms with E-state index in [1.165, 1.54) is 10.3 Å². The number of aromatic nitrogens is 1. The summed E-state index contributed by atoms with van der Waals surface area (Å²) in [6, 6.07) is 6.44. The molecule has 0 saturated heterocycles. The van der Waals surface area contributed by atoms with E-state index in [2.05, 4.69) is 30.1 Å². The summed E-state index contributed by atoms with van der Waals surface area (Å²) < 4.78 is 1.26. The molecule has 2 nitrogen and oxygen atoms in total. The molecular formula is C11H14N2S. The molecule has 2 aromatic rings. The first kappa shape index (κ1) is 9.62. The van der Waals surface area contributed by atoms with Crippen molar-refractivity contribution in [2.75, 3.05) is 6.54 Å². The van der Waals surface area contributed by atoms with Crippen molar-refractivity contribution >= 4 is 21.6 Å². The van der Waals surface area contributed by atoms with Crippen molar-refractivity contribution in [3.8, 4) is 0 Å². The van der Waals surface area contributed by atoms with E-state index in [1.54, 1.807) is 11.3 Å². The summed E-state index contributed by atoms with van der Waals surface area (Å²) in [6.07, 6.45) is 1.10. The van der Waals surface area contributed by atoms with E-state index < -0.39 is 0 Å². The largest absolute Gasteiger partial charge is 0.330 e. The Labute approximate surface area is 87.8 Å². The van der Waals surface area contributed by atoms with E-state index >= 15 is 0 Å². The smallest absolute Gasteiger partial charge is 0.0812 e. The van der Waals surface area contributed by atoms with Crippen molar-refractivity contribution in [3.63, 3.8) is 0 Å². The summed E-state index contributed by atoms with van der Waals surface area (Å²) in [5.74, 6) is 0.487. The standard InChI is InChI=1S/C11H14N2S/c1-2-8(6-12)9-3-4-10-11(5-9)14-7-13-10/h3-5,7-8H,2,6,12H2,1H3. The third-order valence-corrected chi connectivity index (χ3v) is 3.40. The molecule has 14 heavy (non-hydrogen) atoms. The highest BCUT2D eigenvalue weighted by molar-refractivity contribution is 7.16. The Kier molecular flexibility index (Phi) is 2.79. The Hall–Kier alpha value is -0.930. The zero-order valence-corrected chi connectivity index (χ0v) is 9.05. The molecule has 2 rings (SSSR count). The van der Waals surface area contributed by atoms with Gasteiger partial charge in [0.2, 0.25) is 0 Å². The summed E-state index contributed by atoms with van der Waals surface area (Å²) in [4.78, 5) is 4.26. The Morgan fingerprint density at radius 2 is 2.36 bits per heavy atom. The fourth-order valence-electron chi connectivity index (χ4n) is 1.66. The monoisotopic (exact) mass is 206 g/mol. The molecule has 1 aromatic carbocycles. The summed E-state index contributed by atoms with van der Waals surface area (Å²) in [5, 5.41) is 0. The number of hydrogen-bond acceptors (Lipinski definition) is 3. The zero-order valence-electron chi connectivity index (χ0n) is 8.23. The van der Waals surface area contributed by atoms with Gasteiger partial charge in [-0.25, -0.2) is 4.98 Å². The van der Waals surface area contributed by atoms with Crippen LogP contribution in [0.5, 0.6) is 0 Å². The van der Waals surface area contributed by atoms with Crippen LogP contribution in [0.25, 0.3) is 10.2 Å². The minimum Gasteiger partial charge on any atom is -0.330 e. The third kappa shape index (κ3) is 1.65. The van der Waals surface area contributed by atoms with Crippen molar-refractivity contribution in [1.29, 1.82) is 0 Å². The molecule has 0 fully saturated rings. The zero-order chi connectivity index (χ0) is 9.97. The van der Waals surface area contributed by atoms with Crippen molar-refractivity contribution in [1.82, 2.24) is 4.98 Å². The molecule has 2 N–H and O–H groups in total. The first-order chi connectivity index (χ1) is 6.85. The van der Waals surface area contributed by atoms with E-state index in [1.807, 2.05) is 5.51 Å². The summed E-state index contributed by atoms with van der Waals surface area (Å²) in [7, 11) is 0. The van der Waals surface area contributed by atoms with E-state index in [9.17, 15) is 0 Å². The molecule has 0 bridgehead atoms. The molecule has 3 heteroatoms. The molecule has 0 aliphatic rings. The van der Waals surface area contributed by atoms with Crippen molar-refractivity contribution in [2.24, 2.45) is 5.73 Å². The van der Waals surface area contributed by atoms with Crippen LogP contribution in [0.3, 0.4) is 0 Å². The highest BCUT2D eigenvalue weighted by Gasteiger charge is 2.08. The summed E-state index contributed by atoms with van der Waals surface area (Å²) >= 11 is 1.69. The minimum absolute atomic E-state index is 0.487. The average Bonchev–Trinajstić information content (AvgIpc) is 2.66. The van der Waals surface area contributed by atoms with Gasteiger partial charge in [0.25, 0.3) is 0 Å². The van der Waals surface area contributed by atoms with Gasteiger partial charge in [-0.15, -0.1) is 11.3 Å². The molecule has 1 unspecified atom stereocenters. The maximum atomic E-state index is 5.72. The van der Waals surface area contributed by atoms with E-state index in [4.69, 9.17) is 5.73 Å². The quantitative estimate of drug-likeness (QED) is 0.838. The molecular weight excluding hydrogens is 192 g/mol. The molecule has 1 heterocycles. The Morgan fingerprint density at radius 3 is 3.07 bits per heavy atom. The van der Waals surface area contributed by atoms with Crippen LogP contribution in [-0.4, -0.2) is 11.5 Å². The van der Waals surface area contributed by atoms with Crippen LogP contribution in [0.15, 0.2) is 23.7 Å². The molecule has 1 aromatic heterocycles. The molecule has 0 aliphatic carbocycles. The lowest BCUT2D eigenvalue weighted by molar-refractivity contribution is 0.675. The van der Waals surface area contributed by atoms with Crippen LogP contribution in [0.1, 0.15) is 24.8 Å². The number of hydrogen-bond donors (Lipinski definition) is 1. The topological polar surface area (TPSA) is 38.9 Å². The van der Waals surface area contributed by atoms with Gasteiger partial charge < -0.3 is 5.73 Å². The molecule has 0 spiro atoms. The minimum atomic E-state index is 0.487. The van der Waals surface area contributed by atoms with E-state index in [0.717, 1.165) is 18.5 Å². The molecule has 0 aliphatic heterocycles. The second-order valence-electron chi connectivity index (χ2n) is 3.42. The van der Waals surface area contributed by atoms with Crippen molar-refractivity contribution in [2.45, 2.75) is 19.3 Å². The second kappa shape index (κ2) is 4.07. The van der Waals surface area contributed by atoms with Crippen molar-refractivity contribution in [3.05, 3.63) is 29.3 Å². The SMILES string of the molecule is CCC(CN)c1ccc2ncsc2c1. The Bertz CT molecular complexity index is 418. The molecule has 0 amide bonds. The lowest BCUT2D eigenvalue weighted by Gasteiger charge is -2.11. The molecule has 1 atom stereocenters. The van der Waals surface area contributed by atoms with Gasteiger partial charge in [0.05, 0.1) is 15.7 Å². The number of nitrogens with two attached hydrogens (primary N) is 1. The molecule has 0 saturated carbocycles. The Morgan fingerprint density at radius 1 is 1.50 bits per heavy atom. The molecule has 74 valence electrons. The summed E-state index contributed by atoms with van der Waals surface area (Å²) in [5.41, 5.74) is 10.0. The van der Waals surface area contributed by atoms with E-state index in [-0.39, 0.29) is 0 Å². The highest BCUT2D eigenvalue weighted by Crippen LogP contribution is 2.24. The summed E-state index contributed by atoms with van der Waals surface area (Å²) in [6.45, 7) is 2.90. The van der Waals surface area contributed by atoms with E-state index in [0.29, 0.717) is 5.92 Å². The molecule has 0 radical (unpaired) electrons. The van der Waals surface area contributed by atoms with Gasteiger partial charge in [-0.1, -0.05) is 13.0 Å². The number of benzene rings is 1. The second-order valence-corrected chi connectivity index (χ2v) is 4.31. The van der Waals surface area contributed by atoms with Crippen LogP contribution in [0, 0.1) is 0 Å². The van der Waals surface area contributed by atoms with Crippen LogP contribution < -0.4 is 5.73 Å². The average molecular weight is 206 g/mol. The normalized spacial score (nSPS) is 13.3. The van der Waals surface area contributed by atoms with Gasteiger partial charge in [-0.3, -0.25) is 0 Å². The number of thiazole rings is 1. The number of fused-ring (bicyclic) bond motifs is 1. The van der Waals surface area contributed by atoms with Crippen LogP contribution in [0.2, 0.25) is 0 Å².